The van der Waals surface area contributed by atoms with Gasteiger partial charge in [-0.15, -0.1) is 0 Å². The van der Waals surface area contributed by atoms with E-state index in [-0.39, 0.29) is 0 Å². The lowest BCUT2D eigenvalue weighted by atomic mass is 10.1. The predicted molar refractivity (Wildman–Crippen MR) is 80.4 cm³/mol. The second-order valence-electron chi connectivity index (χ2n) is 5.84. The van der Waals surface area contributed by atoms with Gasteiger partial charge in [-0.05, 0) is 31.9 Å². The molecule has 0 saturated carbocycles. The average Bonchev–Trinajstić information content (AvgIpc) is 3.10. The van der Waals surface area contributed by atoms with Crippen LogP contribution in [-0.2, 0) is 17.7 Å². The summed E-state index contributed by atoms with van der Waals surface area (Å²) < 4.78 is 16.5. The van der Waals surface area contributed by atoms with Gasteiger partial charge in [-0.25, -0.2) is 0 Å². The van der Waals surface area contributed by atoms with Crippen LogP contribution in [0.5, 0.6) is 0 Å². The molecule has 1 saturated heterocycles. The third-order valence-corrected chi connectivity index (χ3v) is 3.96. The predicted octanol–water partition coefficient (Wildman–Crippen LogP) is 2.50. The van der Waals surface area contributed by atoms with Gasteiger partial charge in [0.15, 0.2) is 5.82 Å². The first-order chi connectivity index (χ1) is 10.7. The highest BCUT2D eigenvalue weighted by Gasteiger charge is 2.20. The zero-order valence-corrected chi connectivity index (χ0v) is 13.2. The molecular weight excluding hydrogens is 282 g/mol. The molecule has 0 aliphatic carbocycles. The summed E-state index contributed by atoms with van der Waals surface area (Å²) in [7, 11) is 0. The monoisotopic (exact) mass is 305 g/mol. The summed E-state index contributed by atoms with van der Waals surface area (Å²) in [5.74, 6) is 3.36. The normalized spacial score (nSPS) is 17.2. The van der Waals surface area contributed by atoms with Gasteiger partial charge in [0.1, 0.15) is 11.5 Å². The fourth-order valence-electron chi connectivity index (χ4n) is 2.78. The van der Waals surface area contributed by atoms with Crippen LogP contribution in [0.4, 0.5) is 0 Å². The maximum Gasteiger partial charge on any atom is 0.223 e. The minimum Gasteiger partial charge on any atom is -0.465 e. The molecule has 3 rings (SSSR count). The first-order valence-corrected chi connectivity index (χ1v) is 7.87. The summed E-state index contributed by atoms with van der Waals surface area (Å²) >= 11 is 0. The SMILES string of the molecule is Cc1ccc(CN2CCC(OCCc3noc(C)n3)CC2)o1. The van der Waals surface area contributed by atoms with Crippen molar-refractivity contribution in [2.75, 3.05) is 19.7 Å². The Balaban J connectivity index is 1.35. The van der Waals surface area contributed by atoms with Crippen LogP contribution in [0.2, 0.25) is 0 Å². The van der Waals surface area contributed by atoms with Gasteiger partial charge >= 0.3 is 0 Å². The van der Waals surface area contributed by atoms with Gasteiger partial charge in [-0.2, -0.15) is 4.98 Å². The van der Waals surface area contributed by atoms with Crippen molar-refractivity contribution in [1.82, 2.24) is 15.0 Å². The largest absolute Gasteiger partial charge is 0.465 e. The molecule has 0 spiro atoms. The van der Waals surface area contributed by atoms with E-state index >= 15 is 0 Å². The summed E-state index contributed by atoms with van der Waals surface area (Å²) in [5, 5.41) is 3.87. The highest BCUT2D eigenvalue weighted by molar-refractivity contribution is 5.05. The Labute approximate surface area is 130 Å². The zero-order valence-electron chi connectivity index (χ0n) is 13.2. The Hall–Kier alpha value is -1.66. The summed E-state index contributed by atoms with van der Waals surface area (Å²) in [6.45, 7) is 7.42. The number of rotatable bonds is 6. The van der Waals surface area contributed by atoms with E-state index in [9.17, 15) is 0 Å². The van der Waals surface area contributed by atoms with Crippen LogP contribution < -0.4 is 0 Å². The van der Waals surface area contributed by atoms with Gasteiger partial charge in [-0.3, -0.25) is 4.90 Å². The number of aromatic nitrogens is 2. The van der Waals surface area contributed by atoms with Crippen LogP contribution in [0.3, 0.4) is 0 Å². The smallest absolute Gasteiger partial charge is 0.223 e. The van der Waals surface area contributed by atoms with Crippen molar-refractivity contribution in [1.29, 1.82) is 0 Å². The first kappa shape index (κ1) is 15.2. The van der Waals surface area contributed by atoms with Crippen LogP contribution in [0.1, 0.15) is 36.1 Å². The Morgan fingerprint density at radius 3 is 2.73 bits per heavy atom. The number of piperidine rings is 1. The number of hydrogen-bond donors (Lipinski definition) is 0. The minimum absolute atomic E-state index is 0.336. The summed E-state index contributed by atoms with van der Waals surface area (Å²) in [5.41, 5.74) is 0. The number of furan rings is 1. The van der Waals surface area contributed by atoms with Crippen LogP contribution in [-0.4, -0.2) is 40.8 Å². The lowest BCUT2D eigenvalue weighted by Gasteiger charge is -2.31. The van der Waals surface area contributed by atoms with E-state index in [1.165, 1.54) is 0 Å². The molecule has 2 aromatic heterocycles. The molecule has 1 aliphatic heterocycles. The molecule has 0 N–H and O–H groups in total. The van der Waals surface area contributed by atoms with Gasteiger partial charge in [0.05, 0.1) is 19.3 Å². The third kappa shape index (κ3) is 4.18. The lowest BCUT2D eigenvalue weighted by Crippen LogP contribution is -2.36. The Morgan fingerprint density at radius 1 is 1.27 bits per heavy atom. The van der Waals surface area contributed by atoms with Crippen molar-refractivity contribution < 1.29 is 13.7 Å². The van der Waals surface area contributed by atoms with Crippen LogP contribution in [0.25, 0.3) is 0 Å². The molecule has 6 nitrogen and oxygen atoms in total. The van der Waals surface area contributed by atoms with Crippen LogP contribution >= 0.6 is 0 Å². The van der Waals surface area contributed by atoms with E-state index in [1.54, 1.807) is 6.92 Å². The fourth-order valence-corrected chi connectivity index (χ4v) is 2.78. The quantitative estimate of drug-likeness (QED) is 0.817. The van der Waals surface area contributed by atoms with Gasteiger partial charge < -0.3 is 13.7 Å². The molecule has 3 heterocycles. The number of nitrogens with zero attached hydrogens (tertiary/aromatic N) is 3. The van der Waals surface area contributed by atoms with Crippen molar-refractivity contribution in [2.24, 2.45) is 0 Å². The van der Waals surface area contributed by atoms with Gasteiger partial charge in [0.25, 0.3) is 0 Å². The molecule has 1 fully saturated rings. The summed E-state index contributed by atoms with van der Waals surface area (Å²) in [4.78, 5) is 6.60. The molecule has 0 radical (unpaired) electrons. The van der Waals surface area contributed by atoms with Gasteiger partial charge in [-0.1, -0.05) is 5.16 Å². The molecule has 1 aliphatic rings. The van der Waals surface area contributed by atoms with Crippen molar-refractivity contribution >= 4 is 0 Å². The zero-order chi connectivity index (χ0) is 15.4. The molecule has 0 bridgehead atoms. The average molecular weight is 305 g/mol. The van der Waals surface area contributed by atoms with Crippen molar-refractivity contribution in [3.63, 3.8) is 0 Å². The van der Waals surface area contributed by atoms with E-state index in [0.717, 1.165) is 49.8 Å². The number of hydrogen-bond acceptors (Lipinski definition) is 6. The summed E-state index contributed by atoms with van der Waals surface area (Å²) in [6, 6.07) is 4.08. The molecule has 22 heavy (non-hydrogen) atoms. The highest BCUT2D eigenvalue weighted by Crippen LogP contribution is 2.17. The van der Waals surface area contributed by atoms with Crippen molar-refractivity contribution in [3.05, 3.63) is 35.4 Å². The number of likely N-dealkylation sites (tertiary alicyclic amines) is 1. The standard InChI is InChI=1S/C16H23N3O3/c1-12-3-4-15(21-12)11-19-8-5-14(6-9-19)20-10-7-16-17-13(2)22-18-16/h3-4,14H,5-11H2,1-2H3. The summed E-state index contributed by atoms with van der Waals surface area (Å²) in [6.07, 6.45) is 3.17. The molecule has 6 heteroatoms. The molecule has 0 unspecified atom stereocenters. The van der Waals surface area contributed by atoms with Gasteiger partial charge in [0.2, 0.25) is 5.89 Å². The fraction of sp³-hybridized carbons (Fsp3) is 0.625. The molecule has 120 valence electrons. The highest BCUT2D eigenvalue weighted by atomic mass is 16.5. The molecule has 2 aromatic rings. The van der Waals surface area contributed by atoms with Gasteiger partial charge in [0, 0.05) is 26.4 Å². The number of ether oxygens (including phenoxy) is 1. The van der Waals surface area contributed by atoms with Crippen molar-refractivity contribution in [3.8, 4) is 0 Å². The van der Waals surface area contributed by atoms with E-state index in [1.807, 2.05) is 13.0 Å². The molecule has 0 atom stereocenters. The lowest BCUT2D eigenvalue weighted by molar-refractivity contribution is 0.00552. The number of aryl methyl sites for hydroxylation is 2. The Kier molecular flexibility index (Phi) is 4.90. The van der Waals surface area contributed by atoms with E-state index in [2.05, 4.69) is 21.1 Å². The first-order valence-electron chi connectivity index (χ1n) is 7.87. The Bertz CT molecular complexity index is 585. The van der Waals surface area contributed by atoms with E-state index < -0.39 is 0 Å². The maximum absolute atomic E-state index is 5.93. The van der Waals surface area contributed by atoms with Crippen molar-refractivity contribution in [2.45, 2.75) is 45.8 Å². The molecular formula is C16H23N3O3. The second-order valence-corrected chi connectivity index (χ2v) is 5.84. The maximum atomic E-state index is 5.93. The van der Waals surface area contributed by atoms with Crippen LogP contribution in [0.15, 0.2) is 21.1 Å². The second kappa shape index (κ2) is 7.07. The molecule has 0 amide bonds. The molecule has 0 aromatic carbocycles. The van der Waals surface area contributed by atoms with E-state index in [4.69, 9.17) is 13.7 Å². The van der Waals surface area contributed by atoms with E-state index in [0.29, 0.717) is 25.0 Å². The Morgan fingerprint density at radius 2 is 2.09 bits per heavy atom. The minimum atomic E-state index is 0.336. The van der Waals surface area contributed by atoms with Crippen LogP contribution in [0, 0.1) is 13.8 Å². The topological polar surface area (TPSA) is 64.5 Å². The third-order valence-electron chi connectivity index (χ3n) is 3.96.